The Bertz CT molecular complexity index is 900. The van der Waals surface area contributed by atoms with E-state index in [1.807, 2.05) is 19.9 Å². The molecule has 0 aliphatic carbocycles. The molecule has 0 saturated heterocycles. The first-order valence-corrected chi connectivity index (χ1v) is 8.93. The van der Waals surface area contributed by atoms with Crippen LogP contribution in [0.4, 0.5) is 5.69 Å². The molecule has 0 heterocycles. The molecule has 6 heteroatoms. The van der Waals surface area contributed by atoms with Gasteiger partial charge >= 0.3 is 5.97 Å². The summed E-state index contributed by atoms with van der Waals surface area (Å²) in [4.78, 5) is 47.1. The number of hydrogen-bond acceptors (Lipinski definition) is 5. The number of anilines is 1. The number of benzene rings is 2. The number of esters is 1. The van der Waals surface area contributed by atoms with Crippen molar-refractivity contribution in [3.63, 3.8) is 0 Å². The molecular weight excluding hydrogens is 358 g/mol. The van der Waals surface area contributed by atoms with Gasteiger partial charge in [-0.05, 0) is 55.3 Å². The zero-order chi connectivity index (χ0) is 20.7. The molecule has 0 aliphatic heterocycles. The average molecular weight is 381 g/mol. The highest BCUT2D eigenvalue weighted by Gasteiger charge is 2.13. The Balaban J connectivity index is 1.79. The summed E-state index contributed by atoms with van der Waals surface area (Å²) < 4.78 is 4.97. The first-order valence-electron chi connectivity index (χ1n) is 8.93. The van der Waals surface area contributed by atoms with E-state index in [9.17, 15) is 19.2 Å². The fourth-order valence-corrected chi connectivity index (χ4v) is 2.52. The maximum atomic E-state index is 12.2. The van der Waals surface area contributed by atoms with Crippen molar-refractivity contribution >= 4 is 29.1 Å². The molecule has 0 radical (unpaired) electrons. The van der Waals surface area contributed by atoms with Crippen LogP contribution in [0.15, 0.2) is 42.5 Å². The first kappa shape index (κ1) is 21.0. The van der Waals surface area contributed by atoms with E-state index in [1.54, 1.807) is 36.4 Å². The lowest BCUT2D eigenvalue weighted by molar-refractivity contribution is -0.142. The highest BCUT2D eigenvalue weighted by atomic mass is 16.5. The van der Waals surface area contributed by atoms with E-state index in [4.69, 9.17) is 4.74 Å². The predicted molar refractivity (Wildman–Crippen MR) is 106 cm³/mol. The van der Waals surface area contributed by atoms with Gasteiger partial charge in [-0.15, -0.1) is 0 Å². The van der Waals surface area contributed by atoms with Crippen LogP contribution in [0.3, 0.4) is 0 Å². The van der Waals surface area contributed by atoms with Gasteiger partial charge < -0.3 is 10.1 Å². The van der Waals surface area contributed by atoms with Gasteiger partial charge in [-0.1, -0.05) is 12.1 Å². The highest BCUT2D eigenvalue weighted by molar-refractivity contribution is 5.99. The van der Waals surface area contributed by atoms with Crippen LogP contribution in [-0.4, -0.2) is 30.0 Å². The van der Waals surface area contributed by atoms with Gasteiger partial charge in [-0.3, -0.25) is 19.2 Å². The summed E-state index contributed by atoms with van der Waals surface area (Å²) in [5.41, 5.74) is 3.62. The van der Waals surface area contributed by atoms with Crippen molar-refractivity contribution < 1.29 is 23.9 Å². The van der Waals surface area contributed by atoms with Crippen molar-refractivity contribution in [3.05, 3.63) is 64.7 Å². The quantitative estimate of drug-likeness (QED) is 0.557. The van der Waals surface area contributed by atoms with Crippen molar-refractivity contribution in [2.45, 2.75) is 33.6 Å². The van der Waals surface area contributed by atoms with Crippen LogP contribution in [0.25, 0.3) is 0 Å². The van der Waals surface area contributed by atoms with E-state index in [2.05, 4.69) is 5.32 Å². The van der Waals surface area contributed by atoms with Crippen LogP contribution < -0.4 is 5.32 Å². The Morgan fingerprint density at radius 3 is 2.07 bits per heavy atom. The van der Waals surface area contributed by atoms with E-state index in [1.165, 1.54) is 6.92 Å². The Kier molecular flexibility index (Phi) is 7.21. The normalized spacial score (nSPS) is 10.2. The number of carbonyl (C=O) groups is 4. The molecule has 2 rings (SSSR count). The number of nitrogens with one attached hydrogen (secondary N) is 1. The number of amides is 1. The second kappa shape index (κ2) is 9.60. The summed E-state index contributed by atoms with van der Waals surface area (Å²) >= 11 is 0. The molecule has 146 valence electrons. The average Bonchev–Trinajstić information content (AvgIpc) is 2.66. The lowest BCUT2D eigenvalue weighted by Gasteiger charge is -2.07. The fraction of sp³-hybridized carbons (Fsp3) is 0.273. The van der Waals surface area contributed by atoms with Gasteiger partial charge in [0.05, 0.1) is 6.42 Å². The molecule has 6 nitrogen and oxygen atoms in total. The number of hydrogen-bond donors (Lipinski definition) is 1. The topological polar surface area (TPSA) is 89.5 Å². The minimum Gasteiger partial charge on any atom is -0.457 e. The van der Waals surface area contributed by atoms with E-state index in [-0.39, 0.29) is 30.3 Å². The van der Waals surface area contributed by atoms with Crippen LogP contribution in [0.5, 0.6) is 0 Å². The zero-order valence-electron chi connectivity index (χ0n) is 16.2. The van der Waals surface area contributed by atoms with Crippen LogP contribution >= 0.6 is 0 Å². The third-order valence-electron chi connectivity index (χ3n) is 4.28. The lowest BCUT2D eigenvalue weighted by Crippen LogP contribution is -2.15. The number of Topliss-reactive ketones (excluding diaryl/α,β-unsaturated/α-hetero) is 2. The van der Waals surface area contributed by atoms with E-state index >= 15 is 0 Å². The molecule has 0 aromatic heterocycles. The van der Waals surface area contributed by atoms with Gasteiger partial charge in [0.25, 0.3) is 0 Å². The van der Waals surface area contributed by atoms with Gasteiger partial charge in [-0.2, -0.15) is 0 Å². The van der Waals surface area contributed by atoms with Crippen molar-refractivity contribution in [1.29, 1.82) is 0 Å². The molecule has 0 saturated carbocycles. The van der Waals surface area contributed by atoms with Crippen molar-refractivity contribution in [2.75, 3.05) is 11.9 Å². The summed E-state index contributed by atoms with van der Waals surface area (Å²) in [5.74, 6) is -1.30. The molecule has 1 amide bonds. The van der Waals surface area contributed by atoms with E-state index in [0.717, 1.165) is 11.1 Å². The van der Waals surface area contributed by atoms with Gasteiger partial charge in [0.1, 0.15) is 0 Å². The molecule has 0 spiro atoms. The first-order chi connectivity index (χ1) is 13.3. The second-order valence-corrected chi connectivity index (χ2v) is 6.56. The van der Waals surface area contributed by atoms with Gasteiger partial charge in [0.15, 0.2) is 18.2 Å². The zero-order valence-corrected chi connectivity index (χ0v) is 16.2. The molecule has 0 fully saturated rings. The summed E-state index contributed by atoms with van der Waals surface area (Å²) in [7, 11) is 0. The molecule has 28 heavy (non-hydrogen) atoms. The van der Waals surface area contributed by atoms with Crippen molar-refractivity contribution in [2.24, 2.45) is 0 Å². The largest absolute Gasteiger partial charge is 0.457 e. The fourth-order valence-electron chi connectivity index (χ4n) is 2.52. The van der Waals surface area contributed by atoms with Crippen molar-refractivity contribution in [1.82, 2.24) is 0 Å². The highest BCUT2D eigenvalue weighted by Crippen LogP contribution is 2.13. The number of rotatable bonds is 8. The van der Waals surface area contributed by atoms with Crippen LogP contribution in [0.2, 0.25) is 0 Å². The summed E-state index contributed by atoms with van der Waals surface area (Å²) in [6.07, 6.45) is -0.0541. The standard InChI is InChI=1S/C22H23NO5/c1-14-4-5-18(12-15(14)2)20(25)10-11-22(27)28-13-21(26)17-6-8-19(9-7-17)23-16(3)24/h4-9,12H,10-11,13H2,1-3H3,(H,23,24). The minimum atomic E-state index is -0.597. The molecule has 0 bridgehead atoms. The Morgan fingerprint density at radius 2 is 1.46 bits per heavy atom. The number of ether oxygens (including phenoxy) is 1. The summed E-state index contributed by atoms with van der Waals surface area (Å²) in [6, 6.07) is 11.7. The summed E-state index contributed by atoms with van der Waals surface area (Å²) in [5, 5.41) is 2.60. The smallest absolute Gasteiger partial charge is 0.306 e. The molecule has 1 N–H and O–H groups in total. The maximum Gasteiger partial charge on any atom is 0.306 e. The predicted octanol–water partition coefficient (Wildman–Crippen LogP) is 3.65. The molecule has 2 aromatic carbocycles. The van der Waals surface area contributed by atoms with Gasteiger partial charge in [0, 0.05) is 30.2 Å². The number of aryl methyl sites for hydroxylation is 2. The van der Waals surface area contributed by atoms with Gasteiger partial charge in [0.2, 0.25) is 5.91 Å². The Morgan fingerprint density at radius 1 is 0.821 bits per heavy atom. The molecular formula is C22H23NO5. The molecule has 0 atom stereocenters. The molecule has 2 aromatic rings. The minimum absolute atomic E-state index is 0.0287. The Labute approximate surface area is 163 Å². The van der Waals surface area contributed by atoms with Crippen LogP contribution in [0, 0.1) is 13.8 Å². The Hall–Kier alpha value is -3.28. The van der Waals surface area contributed by atoms with Crippen LogP contribution in [0.1, 0.15) is 51.6 Å². The van der Waals surface area contributed by atoms with Gasteiger partial charge in [-0.25, -0.2) is 0 Å². The van der Waals surface area contributed by atoms with E-state index < -0.39 is 12.6 Å². The lowest BCUT2D eigenvalue weighted by atomic mass is 10.0. The third-order valence-corrected chi connectivity index (χ3v) is 4.28. The molecule has 0 aliphatic rings. The summed E-state index contributed by atoms with van der Waals surface area (Å²) in [6.45, 7) is 4.89. The third kappa shape index (κ3) is 6.16. The van der Waals surface area contributed by atoms with E-state index in [0.29, 0.717) is 16.8 Å². The van der Waals surface area contributed by atoms with Crippen molar-refractivity contribution in [3.8, 4) is 0 Å². The SMILES string of the molecule is CC(=O)Nc1ccc(C(=O)COC(=O)CCC(=O)c2ccc(C)c(C)c2)cc1. The monoisotopic (exact) mass is 381 g/mol. The number of carbonyl (C=O) groups excluding carboxylic acids is 4. The van der Waals surface area contributed by atoms with Crippen LogP contribution in [-0.2, 0) is 14.3 Å². The molecule has 0 unspecified atom stereocenters. The maximum absolute atomic E-state index is 12.2. The second-order valence-electron chi connectivity index (χ2n) is 6.56. The number of ketones is 2.